The third kappa shape index (κ3) is 3.29. The van der Waals surface area contributed by atoms with E-state index in [-0.39, 0.29) is 6.04 Å². The minimum absolute atomic E-state index is 0.148. The second-order valence-electron chi connectivity index (χ2n) is 4.27. The Morgan fingerprint density at radius 3 is 2.32 bits per heavy atom. The highest BCUT2D eigenvalue weighted by Crippen LogP contribution is 2.28. The fraction of sp³-hybridized carbons (Fsp3) is 0.333. The minimum atomic E-state index is 0.148. The smallest absolute Gasteiger partial charge is 0.122 e. The average Bonchev–Trinajstić information content (AvgIpc) is 2.97. The summed E-state index contributed by atoms with van der Waals surface area (Å²) in [6.07, 6.45) is 2.47. The van der Waals surface area contributed by atoms with E-state index in [9.17, 15) is 0 Å². The van der Waals surface area contributed by atoms with Crippen LogP contribution in [0.15, 0.2) is 41.0 Å². The summed E-state index contributed by atoms with van der Waals surface area (Å²) in [5, 5.41) is 3.29. The summed E-state index contributed by atoms with van der Waals surface area (Å²) in [6, 6.07) is 9.90. The summed E-state index contributed by atoms with van der Waals surface area (Å²) in [4.78, 5) is 0. The zero-order chi connectivity index (χ0) is 13.7. The lowest BCUT2D eigenvalue weighted by molar-refractivity contribution is 0.391. The maximum atomic E-state index is 5.40. The molecule has 1 atom stereocenters. The second-order valence-corrected chi connectivity index (χ2v) is 4.27. The van der Waals surface area contributed by atoms with Crippen molar-refractivity contribution in [3.63, 3.8) is 0 Å². The third-order valence-corrected chi connectivity index (χ3v) is 3.11. The molecule has 0 radical (unpaired) electrons. The molecule has 2 rings (SSSR count). The Morgan fingerprint density at radius 1 is 1.16 bits per heavy atom. The van der Waals surface area contributed by atoms with Gasteiger partial charge in [0.1, 0.15) is 17.3 Å². The predicted octanol–water partition coefficient (Wildman–Crippen LogP) is 2.80. The molecule has 0 saturated carbocycles. The van der Waals surface area contributed by atoms with E-state index in [2.05, 4.69) is 5.32 Å². The van der Waals surface area contributed by atoms with Crippen molar-refractivity contribution in [2.24, 2.45) is 0 Å². The van der Waals surface area contributed by atoms with Crippen LogP contribution in [0, 0.1) is 0 Å². The van der Waals surface area contributed by atoms with E-state index in [1.54, 1.807) is 20.5 Å². The number of likely N-dealkylation sites (N-methyl/N-ethyl adjacent to an activating group) is 1. The Labute approximate surface area is 113 Å². The molecule has 4 nitrogen and oxygen atoms in total. The largest absolute Gasteiger partial charge is 0.497 e. The standard InChI is InChI=1S/C15H19NO3/c1-16-15(10-12-5-4-6-19-12)11-7-13(17-2)9-14(8-11)18-3/h4-9,15-16H,10H2,1-3H3. The fourth-order valence-corrected chi connectivity index (χ4v) is 2.05. The third-order valence-electron chi connectivity index (χ3n) is 3.11. The Hall–Kier alpha value is -1.94. The molecule has 0 bridgehead atoms. The second kappa shape index (κ2) is 6.29. The molecule has 0 spiro atoms. The number of furan rings is 1. The molecule has 0 fully saturated rings. The molecule has 1 aromatic carbocycles. The number of methoxy groups -OCH3 is 2. The van der Waals surface area contributed by atoms with Gasteiger partial charge in [-0.3, -0.25) is 0 Å². The van der Waals surface area contributed by atoms with Gasteiger partial charge in [0.25, 0.3) is 0 Å². The molecule has 1 heterocycles. The Kier molecular flexibility index (Phi) is 4.47. The van der Waals surface area contributed by atoms with Crippen molar-refractivity contribution in [1.82, 2.24) is 5.32 Å². The van der Waals surface area contributed by atoms with Crippen LogP contribution in [0.25, 0.3) is 0 Å². The van der Waals surface area contributed by atoms with Gasteiger partial charge in [-0.1, -0.05) is 0 Å². The van der Waals surface area contributed by atoms with Crippen LogP contribution in [-0.4, -0.2) is 21.3 Å². The molecule has 1 aromatic heterocycles. The van der Waals surface area contributed by atoms with Gasteiger partial charge < -0.3 is 19.2 Å². The Balaban J connectivity index is 2.26. The van der Waals surface area contributed by atoms with Gasteiger partial charge in [-0.2, -0.15) is 0 Å². The number of hydrogen-bond donors (Lipinski definition) is 1. The molecule has 4 heteroatoms. The van der Waals surface area contributed by atoms with E-state index in [0.717, 1.165) is 29.2 Å². The van der Waals surface area contributed by atoms with Crippen molar-refractivity contribution in [2.75, 3.05) is 21.3 Å². The SMILES string of the molecule is CNC(Cc1ccco1)c1cc(OC)cc(OC)c1. The first-order valence-electron chi connectivity index (χ1n) is 6.19. The first-order chi connectivity index (χ1) is 9.26. The summed E-state index contributed by atoms with van der Waals surface area (Å²) in [5.41, 5.74) is 1.11. The van der Waals surface area contributed by atoms with Crippen LogP contribution in [-0.2, 0) is 6.42 Å². The summed E-state index contributed by atoms with van der Waals surface area (Å²) in [5.74, 6) is 2.52. The van der Waals surface area contributed by atoms with Gasteiger partial charge in [-0.05, 0) is 36.9 Å². The van der Waals surface area contributed by atoms with Crippen molar-refractivity contribution < 1.29 is 13.9 Å². The zero-order valence-electron chi connectivity index (χ0n) is 11.5. The highest BCUT2D eigenvalue weighted by molar-refractivity contribution is 5.40. The molecule has 0 aliphatic carbocycles. The fourth-order valence-electron chi connectivity index (χ4n) is 2.05. The summed E-state index contributed by atoms with van der Waals surface area (Å²) >= 11 is 0. The first-order valence-corrected chi connectivity index (χ1v) is 6.19. The number of hydrogen-bond acceptors (Lipinski definition) is 4. The molecule has 0 amide bonds. The van der Waals surface area contributed by atoms with Crippen LogP contribution < -0.4 is 14.8 Å². The summed E-state index contributed by atoms with van der Waals surface area (Å²) in [7, 11) is 5.23. The van der Waals surface area contributed by atoms with Crippen molar-refractivity contribution in [3.8, 4) is 11.5 Å². The number of benzene rings is 1. The van der Waals surface area contributed by atoms with Crippen LogP contribution in [0.3, 0.4) is 0 Å². The van der Waals surface area contributed by atoms with Crippen molar-refractivity contribution in [1.29, 1.82) is 0 Å². The topological polar surface area (TPSA) is 43.6 Å². The van der Waals surface area contributed by atoms with Gasteiger partial charge in [0.05, 0.1) is 20.5 Å². The van der Waals surface area contributed by atoms with Gasteiger partial charge in [0.2, 0.25) is 0 Å². The Bertz CT molecular complexity index is 486. The average molecular weight is 261 g/mol. The molecule has 2 aromatic rings. The van der Waals surface area contributed by atoms with Gasteiger partial charge in [-0.25, -0.2) is 0 Å². The highest BCUT2D eigenvalue weighted by Gasteiger charge is 2.14. The molecular weight excluding hydrogens is 242 g/mol. The van der Waals surface area contributed by atoms with E-state index in [1.807, 2.05) is 37.4 Å². The first kappa shape index (κ1) is 13.5. The van der Waals surface area contributed by atoms with Crippen LogP contribution in [0.5, 0.6) is 11.5 Å². The van der Waals surface area contributed by atoms with Crippen LogP contribution >= 0.6 is 0 Å². The minimum Gasteiger partial charge on any atom is -0.497 e. The van der Waals surface area contributed by atoms with Crippen LogP contribution in [0.2, 0.25) is 0 Å². The zero-order valence-corrected chi connectivity index (χ0v) is 11.5. The molecule has 0 aliphatic heterocycles. The molecule has 0 saturated heterocycles. The monoisotopic (exact) mass is 261 g/mol. The van der Waals surface area contributed by atoms with Gasteiger partial charge >= 0.3 is 0 Å². The molecule has 102 valence electrons. The number of ether oxygens (including phenoxy) is 2. The van der Waals surface area contributed by atoms with Gasteiger partial charge in [0, 0.05) is 18.5 Å². The van der Waals surface area contributed by atoms with Gasteiger partial charge in [0.15, 0.2) is 0 Å². The summed E-state index contributed by atoms with van der Waals surface area (Å²) in [6.45, 7) is 0. The molecule has 19 heavy (non-hydrogen) atoms. The van der Waals surface area contributed by atoms with Crippen LogP contribution in [0.4, 0.5) is 0 Å². The molecule has 0 aliphatic rings. The molecule has 1 N–H and O–H groups in total. The lowest BCUT2D eigenvalue weighted by atomic mass is 10.0. The predicted molar refractivity (Wildman–Crippen MR) is 73.8 cm³/mol. The Morgan fingerprint density at radius 2 is 1.84 bits per heavy atom. The van der Waals surface area contributed by atoms with Crippen LogP contribution in [0.1, 0.15) is 17.4 Å². The maximum absolute atomic E-state index is 5.40. The van der Waals surface area contributed by atoms with E-state index < -0.39 is 0 Å². The molecule has 1 unspecified atom stereocenters. The number of nitrogens with one attached hydrogen (secondary N) is 1. The highest BCUT2D eigenvalue weighted by atomic mass is 16.5. The normalized spacial score (nSPS) is 12.2. The van der Waals surface area contributed by atoms with E-state index in [0.29, 0.717) is 0 Å². The van der Waals surface area contributed by atoms with E-state index in [1.165, 1.54) is 0 Å². The van der Waals surface area contributed by atoms with E-state index >= 15 is 0 Å². The molecular formula is C15H19NO3. The number of rotatable bonds is 6. The maximum Gasteiger partial charge on any atom is 0.122 e. The lowest BCUT2D eigenvalue weighted by Gasteiger charge is -2.17. The van der Waals surface area contributed by atoms with Crippen molar-refractivity contribution >= 4 is 0 Å². The lowest BCUT2D eigenvalue weighted by Crippen LogP contribution is -2.18. The van der Waals surface area contributed by atoms with Gasteiger partial charge in [-0.15, -0.1) is 0 Å². The van der Waals surface area contributed by atoms with E-state index in [4.69, 9.17) is 13.9 Å². The quantitative estimate of drug-likeness (QED) is 0.868. The van der Waals surface area contributed by atoms with Crippen molar-refractivity contribution in [2.45, 2.75) is 12.5 Å². The van der Waals surface area contributed by atoms with Crippen molar-refractivity contribution in [3.05, 3.63) is 47.9 Å². The summed E-state index contributed by atoms with van der Waals surface area (Å²) < 4.78 is 16.0.